The quantitative estimate of drug-likeness (QED) is 0.849. The monoisotopic (exact) mass is 389 g/mol. The van der Waals surface area contributed by atoms with E-state index in [1.807, 2.05) is 0 Å². The molecule has 0 aliphatic heterocycles. The van der Waals surface area contributed by atoms with Crippen LogP contribution in [0.15, 0.2) is 46.2 Å². The van der Waals surface area contributed by atoms with Crippen LogP contribution in [0.1, 0.15) is 5.56 Å². The summed E-state index contributed by atoms with van der Waals surface area (Å²) in [6, 6.07) is 8.46. The van der Waals surface area contributed by atoms with E-state index in [2.05, 4.69) is 4.72 Å². The number of ether oxygens (including phenoxy) is 1. The van der Waals surface area contributed by atoms with Crippen molar-refractivity contribution in [1.29, 1.82) is 0 Å². The van der Waals surface area contributed by atoms with E-state index in [1.165, 1.54) is 19.2 Å². The molecule has 0 saturated heterocycles. The van der Waals surface area contributed by atoms with Gasteiger partial charge < -0.3 is 4.74 Å². The van der Waals surface area contributed by atoms with Crippen LogP contribution in [0.2, 0.25) is 5.02 Å². The van der Waals surface area contributed by atoms with Gasteiger partial charge in [0.25, 0.3) is 10.0 Å². The van der Waals surface area contributed by atoms with Gasteiger partial charge in [0.15, 0.2) is 9.84 Å². The molecule has 0 saturated carbocycles. The molecule has 9 heteroatoms. The van der Waals surface area contributed by atoms with Crippen LogP contribution in [0.4, 0.5) is 5.69 Å². The molecular formula is C15H16ClNO5S2. The number of rotatable bonds is 5. The largest absolute Gasteiger partial charge is 0.495 e. The number of sulfone groups is 1. The van der Waals surface area contributed by atoms with Crippen molar-refractivity contribution < 1.29 is 21.6 Å². The van der Waals surface area contributed by atoms with Gasteiger partial charge in [-0.15, -0.1) is 0 Å². The van der Waals surface area contributed by atoms with Crippen LogP contribution in [-0.2, 0) is 19.9 Å². The van der Waals surface area contributed by atoms with Gasteiger partial charge in [-0.3, -0.25) is 4.72 Å². The number of nitrogens with one attached hydrogen (secondary N) is 1. The highest BCUT2D eigenvalue weighted by molar-refractivity contribution is 7.93. The van der Waals surface area contributed by atoms with Crippen molar-refractivity contribution in [3.8, 4) is 5.75 Å². The Morgan fingerprint density at radius 3 is 2.33 bits per heavy atom. The zero-order chi connectivity index (χ0) is 18.1. The van der Waals surface area contributed by atoms with Crippen molar-refractivity contribution in [2.75, 3.05) is 18.1 Å². The van der Waals surface area contributed by atoms with Crippen molar-refractivity contribution in [2.45, 2.75) is 16.7 Å². The molecule has 2 aromatic rings. The Hall–Kier alpha value is -1.77. The van der Waals surface area contributed by atoms with Crippen LogP contribution in [-0.4, -0.2) is 30.2 Å². The molecule has 0 atom stereocenters. The lowest BCUT2D eigenvalue weighted by atomic mass is 10.2. The lowest BCUT2D eigenvalue weighted by molar-refractivity contribution is 0.402. The third-order valence-electron chi connectivity index (χ3n) is 3.36. The molecule has 0 spiro atoms. The molecule has 1 N–H and O–H groups in total. The molecule has 0 aliphatic carbocycles. The van der Waals surface area contributed by atoms with Crippen LogP contribution in [0, 0.1) is 6.92 Å². The second kappa shape index (κ2) is 6.62. The van der Waals surface area contributed by atoms with Crippen molar-refractivity contribution in [3.63, 3.8) is 0 Å². The first-order valence-corrected chi connectivity index (χ1v) is 10.5. The minimum absolute atomic E-state index is 0.0366. The molecule has 0 aromatic heterocycles. The normalized spacial score (nSPS) is 12.0. The van der Waals surface area contributed by atoms with Crippen LogP contribution in [0.25, 0.3) is 0 Å². The van der Waals surface area contributed by atoms with Crippen molar-refractivity contribution in [2.24, 2.45) is 0 Å². The Balaban J connectivity index is 2.58. The number of halogens is 1. The first-order valence-electron chi connectivity index (χ1n) is 6.72. The van der Waals surface area contributed by atoms with E-state index in [4.69, 9.17) is 16.3 Å². The van der Waals surface area contributed by atoms with Gasteiger partial charge in [-0.25, -0.2) is 16.8 Å². The van der Waals surface area contributed by atoms with Gasteiger partial charge in [-0.05, 0) is 42.8 Å². The third-order valence-corrected chi connectivity index (χ3v) is 6.27. The topological polar surface area (TPSA) is 89.5 Å². The summed E-state index contributed by atoms with van der Waals surface area (Å²) in [6.07, 6.45) is 1.000. The van der Waals surface area contributed by atoms with E-state index in [0.29, 0.717) is 16.3 Å². The molecule has 0 bridgehead atoms. The average molecular weight is 390 g/mol. The number of methoxy groups -OCH3 is 1. The standard InChI is InChI=1S/C15H16ClNO5S2/c1-10-12(16)5-4-6-13(10)17-24(20,21)15-9-11(23(3,18)19)7-8-14(15)22-2/h4-9,17H,1-3H3. The molecule has 0 aliphatic rings. The second-order valence-corrected chi connectivity index (χ2v) is 9.18. The van der Waals surface area contributed by atoms with E-state index in [0.717, 1.165) is 12.3 Å². The van der Waals surface area contributed by atoms with Crippen molar-refractivity contribution >= 4 is 37.1 Å². The summed E-state index contributed by atoms with van der Waals surface area (Å²) in [5.74, 6) is 0.0366. The molecule has 0 heterocycles. The number of sulfonamides is 1. The Kier molecular flexibility index (Phi) is 5.12. The SMILES string of the molecule is COc1ccc(S(C)(=O)=O)cc1S(=O)(=O)Nc1cccc(Cl)c1C. The minimum Gasteiger partial charge on any atom is -0.495 e. The highest BCUT2D eigenvalue weighted by Gasteiger charge is 2.23. The molecule has 2 aromatic carbocycles. The highest BCUT2D eigenvalue weighted by Crippen LogP contribution is 2.30. The van der Waals surface area contributed by atoms with Gasteiger partial charge in [0.2, 0.25) is 0 Å². The number of anilines is 1. The van der Waals surface area contributed by atoms with Crippen LogP contribution >= 0.6 is 11.6 Å². The van der Waals surface area contributed by atoms with Gasteiger partial charge in [0.1, 0.15) is 10.6 Å². The maximum absolute atomic E-state index is 12.7. The summed E-state index contributed by atoms with van der Waals surface area (Å²) in [6.45, 7) is 1.67. The predicted molar refractivity (Wildman–Crippen MR) is 93.1 cm³/mol. The van der Waals surface area contributed by atoms with Gasteiger partial charge in [-0.2, -0.15) is 0 Å². The fraction of sp³-hybridized carbons (Fsp3) is 0.200. The molecule has 0 radical (unpaired) electrons. The van der Waals surface area contributed by atoms with Crippen molar-refractivity contribution in [3.05, 3.63) is 47.0 Å². The van der Waals surface area contributed by atoms with E-state index in [1.54, 1.807) is 25.1 Å². The van der Waals surface area contributed by atoms with Gasteiger partial charge >= 0.3 is 0 Å². The van der Waals surface area contributed by atoms with Crippen molar-refractivity contribution in [1.82, 2.24) is 0 Å². The van der Waals surface area contributed by atoms with Crippen LogP contribution < -0.4 is 9.46 Å². The Bertz CT molecular complexity index is 985. The van der Waals surface area contributed by atoms with E-state index in [-0.39, 0.29) is 15.5 Å². The number of hydrogen-bond acceptors (Lipinski definition) is 5. The molecule has 2 rings (SSSR count). The molecule has 130 valence electrons. The maximum Gasteiger partial charge on any atom is 0.265 e. The molecule has 0 amide bonds. The fourth-order valence-corrected chi connectivity index (χ4v) is 4.23. The molecule has 0 fully saturated rings. The summed E-state index contributed by atoms with van der Waals surface area (Å²) < 4.78 is 56.2. The molecule has 6 nitrogen and oxygen atoms in total. The molecular weight excluding hydrogens is 374 g/mol. The first-order chi connectivity index (χ1) is 11.1. The summed E-state index contributed by atoms with van der Waals surface area (Å²) in [5, 5.41) is 0.409. The van der Waals surface area contributed by atoms with Gasteiger partial charge in [0.05, 0.1) is 17.7 Å². The zero-order valence-corrected chi connectivity index (χ0v) is 15.6. The lowest BCUT2D eigenvalue weighted by Gasteiger charge is -2.14. The Labute approximate surface area is 146 Å². The highest BCUT2D eigenvalue weighted by atomic mass is 35.5. The molecule has 0 unspecified atom stereocenters. The lowest BCUT2D eigenvalue weighted by Crippen LogP contribution is -2.15. The summed E-state index contributed by atoms with van der Waals surface area (Å²) in [5.41, 5.74) is 0.857. The van der Waals surface area contributed by atoms with Crippen LogP contribution in [0.5, 0.6) is 5.75 Å². The Morgan fingerprint density at radius 1 is 1.08 bits per heavy atom. The van der Waals surface area contributed by atoms with Gasteiger partial charge in [-0.1, -0.05) is 17.7 Å². The third kappa shape index (κ3) is 3.82. The minimum atomic E-state index is -4.08. The van der Waals surface area contributed by atoms with E-state index < -0.39 is 19.9 Å². The summed E-state index contributed by atoms with van der Waals surface area (Å²) in [7, 11) is -6.34. The maximum atomic E-state index is 12.7. The second-order valence-electron chi connectivity index (χ2n) is 5.10. The number of benzene rings is 2. The Morgan fingerprint density at radius 2 is 1.75 bits per heavy atom. The average Bonchev–Trinajstić information content (AvgIpc) is 2.50. The van der Waals surface area contributed by atoms with E-state index >= 15 is 0 Å². The van der Waals surface area contributed by atoms with Crippen LogP contribution in [0.3, 0.4) is 0 Å². The van der Waals surface area contributed by atoms with Gasteiger partial charge in [0, 0.05) is 11.3 Å². The zero-order valence-electron chi connectivity index (χ0n) is 13.2. The van der Waals surface area contributed by atoms with E-state index in [9.17, 15) is 16.8 Å². The predicted octanol–water partition coefficient (Wildman–Crippen LogP) is 2.86. The summed E-state index contributed by atoms with van der Waals surface area (Å²) in [4.78, 5) is -0.390. The summed E-state index contributed by atoms with van der Waals surface area (Å²) >= 11 is 5.99. The molecule has 24 heavy (non-hydrogen) atoms. The fourth-order valence-electron chi connectivity index (χ4n) is 2.02. The smallest absolute Gasteiger partial charge is 0.265 e. The number of hydrogen-bond donors (Lipinski definition) is 1. The first kappa shape index (κ1) is 18.6.